The van der Waals surface area contributed by atoms with Gasteiger partial charge in [0, 0.05) is 46.6 Å². The summed E-state index contributed by atoms with van der Waals surface area (Å²) < 4.78 is 11.4. The summed E-state index contributed by atoms with van der Waals surface area (Å²) in [4.78, 5) is 36.8. The maximum absolute atomic E-state index is 12.9. The van der Waals surface area contributed by atoms with Crippen LogP contribution in [-0.2, 0) is 19.1 Å². The SMILES string of the molecule is CC(=CC(C)C(O)C(C)C=CC(O)CC=C(C)C(=O)CC(O)C(C)C=CC=CC=CC(=O)Nc1c(Cl)c(OC2OC(C)C(O)C(O)C2O)c2cc(O)c(C)cc2c1O)C(=O)O. The van der Waals surface area contributed by atoms with E-state index in [0.717, 1.165) is 6.08 Å². The molecule has 1 heterocycles. The molecule has 1 amide bonds. The highest BCUT2D eigenvalue weighted by atomic mass is 35.5. The zero-order valence-corrected chi connectivity index (χ0v) is 35.9. The highest BCUT2D eigenvalue weighted by Gasteiger charge is 2.43. The summed E-state index contributed by atoms with van der Waals surface area (Å²) in [5, 5.41) is 95.5. The predicted octanol–water partition coefficient (Wildman–Crippen LogP) is 4.90. The monoisotopic (exact) mass is 871 g/mol. The van der Waals surface area contributed by atoms with Crippen LogP contribution in [0.25, 0.3) is 10.8 Å². The summed E-state index contributed by atoms with van der Waals surface area (Å²) in [7, 11) is 0. The minimum absolute atomic E-state index is 0.105. The summed E-state index contributed by atoms with van der Waals surface area (Å²) in [5.74, 6) is -4.10. The van der Waals surface area contributed by atoms with Crippen LogP contribution in [-0.4, -0.2) is 113 Å². The number of hydrogen-bond acceptors (Lipinski definition) is 13. The molecule has 1 aliphatic rings. The maximum atomic E-state index is 12.9. The lowest BCUT2D eigenvalue weighted by molar-refractivity contribution is -0.267. The van der Waals surface area contributed by atoms with Crippen molar-refractivity contribution in [2.24, 2.45) is 17.8 Å². The Morgan fingerprint density at radius 1 is 0.869 bits per heavy atom. The molecule has 11 atom stereocenters. The number of hydrogen-bond donors (Lipinski definition) is 10. The van der Waals surface area contributed by atoms with E-state index in [0.29, 0.717) is 11.1 Å². The fourth-order valence-electron chi connectivity index (χ4n) is 6.30. The van der Waals surface area contributed by atoms with Crippen molar-refractivity contribution in [3.63, 3.8) is 0 Å². The molecular formula is C45H58ClNO14. The Morgan fingerprint density at radius 3 is 2.18 bits per heavy atom. The van der Waals surface area contributed by atoms with E-state index >= 15 is 0 Å². The molecule has 2 aromatic carbocycles. The zero-order chi connectivity index (χ0) is 45.9. The minimum Gasteiger partial charge on any atom is -0.508 e. The average molecular weight is 872 g/mol. The summed E-state index contributed by atoms with van der Waals surface area (Å²) in [6, 6.07) is 2.71. The Morgan fingerprint density at radius 2 is 1.52 bits per heavy atom. The second-order valence-electron chi connectivity index (χ2n) is 15.5. The van der Waals surface area contributed by atoms with Crippen LogP contribution < -0.4 is 10.1 Å². The maximum Gasteiger partial charge on any atom is 0.330 e. The Balaban J connectivity index is 1.58. The molecule has 15 nitrogen and oxygen atoms in total. The third-order valence-corrected chi connectivity index (χ3v) is 10.8. The summed E-state index contributed by atoms with van der Waals surface area (Å²) in [6.07, 6.45) is 5.11. The van der Waals surface area contributed by atoms with Gasteiger partial charge in [-0.15, -0.1) is 0 Å². The number of phenolic OH excluding ortho intramolecular Hbond substituents is 2. The highest BCUT2D eigenvalue weighted by molar-refractivity contribution is 6.37. The molecule has 0 saturated carbocycles. The Labute approximate surface area is 359 Å². The number of carboxylic acids is 1. The second-order valence-corrected chi connectivity index (χ2v) is 15.8. The first-order chi connectivity index (χ1) is 28.5. The first-order valence-electron chi connectivity index (χ1n) is 19.8. The number of ether oxygens (including phenoxy) is 2. The van der Waals surface area contributed by atoms with Gasteiger partial charge in [0.05, 0.1) is 24.4 Å². The predicted molar refractivity (Wildman–Crippen MR) is 230 cm³/mol. The number of Topliss-reactive ketones (excluding diaryl/α,β-unsaturated/α-hetero) is 1. The van der Waals surface area contributed by atoms with Crippen molar-refractivity contribution in [2.75, 3.05) is 5.32 Å². The minimum atomic E-state index is -1.70. The number of allylic oxidation sites excluding steroid dienone is 5. The quantitative estimate of drug-likeness (QED) is 0.0390. The second kappa shape index (κ2) is 22.8. The fourth-order valence-corrected chi connectivity index (χ4v) is 6.58. The van der Waals surface area contributed by atoms with Gasteiger partial charge in [-0.05, 0) is 57.4 Å². The van der Waals surface area contributed by atoms with Gasteiger partial charge in [0.1, 0.15) is 40.5 Å². The van der Waals surface area contributed by atoms with Crippen molar-refractivity contribution in [3.05, 3.63) is 94.6 Å². The molecule has 0 aliphatic carbocycles. The smallest absolute Gasteiger partial charge is 0.330 e. The molecule has 1 saturated heterocycles. The number of amides is 1. The number of aliphatic carboxylic acids is 1. The topological polar surface area (TPSA) is 264 Å². The molecule has 61 heavy (non-hydrogen) atoms. The number of benzene rings is 2. The average Bonchev–Trinajstić information content (AvgIpc) is 3.21. The largest absolute Gasteiger partial charge is 0.508 e. The van der Waals surface area contributed by atoms with Gasteiger partial charge in [-0.3, -0.25) is 9.59 Å². The number of carbonyl (C=O) groups is 3. The van der Waals surface area contributed by atoms with Gasteiger partial charge in [-0.1, -0.05) is 87.1 Å². The molecule has 0 spiro atoms. The van der Waals surface area contributed by atoms with Crippen LogP contribution in [0.1, 0.15) is 59.9 Å². The van der Waals surface area contributed by atoms with Gasteiger partial charge in [-0.25, -0.2) is 4.79 Å². The van der Waals surface area contributed by atoms with E-state index < -0.39 is 78.5 Å². The third-order valence-electron chi connectivity index (χ3n) is 10.4. The summed E-state index contributed by atoms with van der Waals surface area (Å²) >= 11 is 6.63. The number of aliphatic hydroxyl groups excluding tert-OH is 6. The van der Waals surface area contributed by atoms with Crippen LogP contribution in [0.2, 0.25) is 5.02 Å². The number of nitrogens with one attached hydrogen (secondary N) is 1. The number of carbonyl (C=O) groups excluding carboxylic acids is 2. The Kier molecular flexibility index (Phi) is 18.9. The van der Waals surface area contributed by atoms with Crippen LogP contribution in [0.3, 0.4) is 0 Å². The molecule has 16 heteroatoms. The number of phenols is 2. The van der Waals surface area contributed by atoms with E-state index in [9.17, 15) is 55.2 Å². The van der Waals surface area contributed by atoms with E-state index in [1.807, 2.05) is 0 Å². The molecule has 0 radical (unpaired) electrons. The van der Waals surface area contributed by atoms with E-state index in [1.165, 1.54) is 50.3 Å². The first kappa shape index (κ1) is 50.5. The van der Waals surface area contributed by atoms with Gasteiger partial charge >= 0.3 is 5.97 Å². The number of ketones is 1. The van der Waals surface area contributed by atoms with Gasteiger partial charge in [0.25, 0.3) is 0 Å². The van der Waals surface area contributed by atoms with E-state index in [1.54, 1.807) is 65.0 Å². The molecule has 11 unspecified atom stereocenters. The lowest BCUT2D eigenvalue weighted by Crippen LogP contribution is -2.58. The number of aliphatic hydroxyl groups is 6. The molecule has 1 fully saturated rings. The lowest BCUT2D eigenvalue weighted by atomic mass is 9.91. The van der Waals surface area contributed by atoms with Crippen molar-refractivity contribution in [2.45, 2.75) is 110 Å². The van der Waals surface area contributed by atoms with Crippen LogP contribution in [0.5, 0.6) is 17.2 Å². The number of fused-ring (bicyclic) bond motifs is 1. The van der Waals surface area contributed by atoms with E-state index in [2.05, 4.69) is 5.32 Å². The molecule has 0 aromatic heterocycles. The molecule has 10 N–H and O–H groups in total. The van der Waals surface area contributed by atoms with Crippen molar-refractivity contribution in [1.29, 1.82) is 0 Å². The van der Waals surface area contributed by atoms with Crippen LogP contribution in [0.4, 0.5) is 5.69 Å². The van der Waals surface area contributed by atoms with Gasteiger partial charge in [0.15, 0.2) is 11.5 Å². The van der Waals surface area contributed by atoms with E-state index in [4.69, 9.17) is 26.2 Å². The van der Waals surface area contributed by atoms with Crippen molar-refractivity contribution < 1.29 is 69.8 Å². The Bertz CT molecular complexity index is 2070. The zero-order valence-electron chi connectivity index (χ0n) is 35.1. The van der Waals surface area contributed by atoms with Crippen LogP contribution in [0.15, 0.2) is 84.0 Å². The number of halogens is 1. The number of aromatic hydroxyl groups is 2. The normalized spacial score (nSPS) is 23.4. The number of aryl methyl sites for hydroxylation is 1. The lowest BCUT2D eigenvalue weighted by Gasteiger charge is -2.39. The van der Waals surface area contributed by atoms with Crippen LogP contribution >= 0.6 is 11.6 Å². The standard InChI is InChI=1S/C45H58ClNO14/c1-22(33(50)21-34(51)23(2)14-16-29(48)17-15-24(3)38(53)26(5)18-27(6)44(58)59)12-10-8-9-11-13-35(52)47-37-36(46)43(31-20-32(49)25(4)19-30(31)40(37)55)61-45-42(57)41(56)39(54)28(7)60-45/h8-15,17-20,22,24,26,28-29,33,38-39,41-42,45,48-50,53-57H,16,21H2,1-7H3,(H,47,52)(H,58,59). The van der Waals surface area contributed by atoms with Crippen molar-refractivity contribution >= 4 is 45.7 Å². The number of anilines is 1. The van der Waals surface area contributed by atoms with Gasteiger partial charge < -0.3 is 60.7 Å². The Hall–Kier alpha value is -4.84. The third kappa shape index (κ3) is 13.8. The summed E-state index contributed by atoms with van der Waals surface area (Å²) in [5.41, 5.74) is 0.623. The molecule has 334 valence electrons. The number of rotatable bonds is 19. The molecule has 0 bridgehead atoms. The summed E-state index contributed by atoms with van der Waals surface area (Å²) in [6.45, 7) is 11.3. The van der Waals surface area contributed by atoms with Crippen molar-refractivity contribution in [3.8, 4) is 17.2 Å². The van der Waals surface area contributed by atoms with Crippen LogP contribution in [0, 0.1) is 24.7 Å². The fraction of sp³-hybridized carbons (Fsp3) is 0.444. The highest BCUT2D eigenvalue weighted by Crippen LogP contribution is 2.49. The molecule has 2 aromatic rings. The van der Waals surface area contributed by atoms with Gasteiger partial charge in [-0.2, -0.15) is 0 Å². The van der Waals surface area contributed by atoms with Crippen molar-refractivity contribution in [1.82, 2.24) is 0 Å². The molecular weight excluding hydrogens is 814 g/mol. The number of carboxylic acid groups (broad SMARTS) is 1. The van der Waals surface area contributed by atoms with E-state index in [-0.39, 0.29) is 63.1 Å². The first-order valence-corrected chi connectivity index (χ1v) is 20.1. The van der Waals surface area contributed by atoms with Gasteiger partial charge in [0.2, 0.25) is 12.2 Å². The molecule has 1 aliphatic heterocycles. The molecule has 3 rings (SSSR count).